The molecule has 5 heteroatoms. The molecule has 96 valence electrons. The van der Waals surface area contributed by atoms with Crippen LogP contribution in [-0.4, -0.2) is 21.3 Å². The average molecular weight is 250 g/mol. The molecule has 0 aliphatic carbocycles. The van der Waals surface area contributed by atoms with Gasteiger partial charge in [-0.1, -0.05) is 0 Å². The van der Waals surface area contributed by atoms with Crippen LogP contribution in [-0.2, 0) is 0 Å². The molecule has 0 atom stereocenters. The molecule has 0 radical (unpaired) electrons. The van der Waals surface area contributed by atoms with Gasteiger partial charge in [-0.05, 0) is 19.1 Å². The summed E-state index contributed by atoms with van der Waals surface area (Å²) in [6, 6.07) is 3.35. The number of aryl methyl sites for hydroxylation is 1. The smallest absolute Gasteiger partial charge is 0.238 e. The lowest BCUT2D eigenvalue weighted by Crippen LogP contribution is -2.09. The van der Waals surface area contributed by atoms with Crippen molar-refractivity contribution in [2.24, 2.45) is 0 Å². The van der Waals surface area contributed by atoms with Gasteiger partial charge in [-0.3, -0.25) is 4.79 Å². The van der Waals surface area contributed by atoms with Gasteiger partial charge < -0.3 is 18.6 Å². The molecule has 18 heavy (non-hydrogen) atoms. The Kier molecular flexibility index (Phi) is 3.14. The molecule has 2 rings (SSSR count). The van der Waals surface area contributed by atoms with Crippen molar-refractivity contribution in [1.29, 1.82) is 0 Å². The van der Waals surface area contributed by atoms with E-state index in [9.17, 15) is 4.79 Å². The standard InChI is InChI=1S/C13H14O5/c1-7-12(17-4)11(14)10-8(15-2)5-6-9(16-3)13(10)18-7/h5-6H,1-4H3. The molecular formula is C13H14O5. The van der Waals surface area contributed by atoms with Gasteiger partial charge in [0.15, 0.2) is 11.3 Å². The summed E-state index contributed by atoms with van der Waals surface area (Å²) in [5.74, 6) is 1.49. The molecule has 0 amide bonds. The first-order valence-corrected chi connectivity index (χ1v) is 5.36. The molecule has 0 saturated carbocycles. The Morgan fingerprint density at radius 1 is 1.00 bits per heavy atom. The summed E-state index contributed by atoms with van der Waals surface area (Å²) >= 11 is 0. The summed E-state index contributed by atoms with van der Waals surface area (Å²) in [4.78, 5) is 12.3. The third-order valence-corrected chi connectivity index (χ3v) is 2.74. The van der Waals surface area contributed by atoms with Crippen LogP contribution in [0.4, 0.5) is 0 Å². The van der Waals surface area contributed by atoms with Gasteiger partial charge in [0, 0.05) is 0 Å². The minimum atomic E-state index is -0.271. The molecule has 2 aromatic rings. The summed E-state index contributed by atoms with van der Waals surface area (Å²) in [6.45, 7) is 1.67. The van der Waals surface area contributed by atoms with Crippen LogP contribution >= 0.6 is 0 Å². The van der Waals surface area contributed by atoms with E-state index in [1.54, 1.807) is 19.1 Å². The first-order chi connectivity index (χ1) is 8.63. The number of hydrogen-bond donors (Lipinski definition) is 0. The zero-order chi connectivity index (χ0) is 13.3. The van der Waals surface area contributed by atoms with E-state index >= 15 is 0 Å². The SMILES string of the molecule is COc1c(C)oc2c(OC)ccc(OC)c2c1=O. The summed E-state index contributed by atoms with van der Waals surface area (Å²) in [5, 5.41) is 0.319. The van der Waals surface area contributed by atoms with Gasteiger partial charge in [0.2, 0.25) is 11.2 Å². The van der Waals surface area contributed by atoms with Crippen molar-refractivity contribution in [2.45, 2.75) is 6.92 Å². The molecule has 1 heterocycles. The van der Waals surface area contributed by atoms with Crippen molar-refractivity contribution in [3.05, 3.63) is 28.1 Å². The fraction of sp³-hybridized carbons (Fsp3) is 0.308. The zero-order valence-corrected chi connectivity index (χ0v) is 10.7. The molecule has 5 nitrogen and oxygen atoms in total. The highest BCUT2D eigenvalue weighted by Gasteiger charge is 2.18. The molecule has 0 aliphatic heterocycles. The van der Waals surface area contributed by atoms with E-state index in [4.69, 9.17) is 18.6 Å². The molecule has 0 spiro atoms. The highest BCUT2D eigenvalue weighted by Crippen LogP contribution is 2.33. The first-order valence-electron chi connectivity index (χ1n) is 5.36. The number of ether oxygens (including phenoxy) is 3. The van der Waals surface area contributed by atoms with Crippen LogP contribution < -0.4 is 19.6 Å². The predicted octanol–water partition coefficient (Wildman–Crippen LogP) is 2.13. The predicted molar refractivity (Wildman–Crippen MR) is 66.9 cm³/mol. The summed E-state index contributed by atoms with van der Waals surface area (Å²) in [6.07, 6.45) is 0. The van der Waals surface area contributed by atoms with Crippen molar-refractivity contribution in [3.8, 4) is 17.2 Å². The van der Waals surface area contributed by atoms with Crippen molar-refractivity contribution >= 4 is 11.0 Å². The number of hydrogen-bond acceptors (Lipinski definition) is 5. The van der Waals surface area contributed by atoms with Crippen molar-refractivity contribution in [3.63, 3.8) is 0 Å². The third-order valence-electron chi connectivity index (χ3n) is 2.74. The lowest BCUT2D eigenvalue weighted by Gasteiger charge is -2.10. The highest BCUT2D eigenvalue weighted by atomic mass is 16.5. The van der Waals surface area contributed by atoms with Crippen molar-refractivity contribution < 1.29 is 18.6 Å². The van der Waals surface area contributed by atoms with E-state index in [1.165, 1.54) is 21.3 Å². The van der Waals surface area contributed by atoms with E-state index < -0.39 is 0 Å². The zero-order valence-electron chi connectivity index (χ0n) is 10.7. The fourth-order valence-corrected chi connectivity index (χ4v) is 1.90. The average Bonchev–Trinajstić information content (AvgIpc) is 2.37. The van der Waals surface area contributed by atoms with Crippen LogP contribution in [0.5, 0.6) is 17.2 Å². The lowest BCUT2D eigenvalue weighted by molar-refractivity contribution is 0.373. The minimum absolute atomic E-state index is 0.175. The Morgan fingerprint density at radius 3 is 2.17 bits per heavy atom. The van der Waals surface area contributed by atoms with Crippen LogP contribution in [0, 0.1) is 6.92 Å². The van der Waals surface area contributed by atoms with E-state index in [1.807, 2.05) is 0 Å². The molecule has 1 aromatic carbocycles. The number of rotatable bonds is 3. The minimum Gasteiger partial charge on any atom is -0.496 e. The monoisotopic (exact) mass is 250 g/mol. The summed E-state index contributed by atoms with van der Waals surface area (Å²) in [5.41, 5.74) is 0.0900. The van der Waals surface area contributed by atoms with Crippen LogP contribution in [0.3, 0.4) is 0 Å². The maximum atomic E-state index is 12.3. The fourth-order valence-electron chi connectivity index (χ4n) is 1.90. The topological polar surface area (TPSA) is 57.9 Å². The van der Waals surface area contributed by atoms with Gasteiger partial charge in [-0.25, -0.2) is 0 Å². The summed E-state index contributed by atoms with van der Waals surface area (Å²) in [7, 11) is 4.44. The van der Waals surface area contributed by atoms with Crippen molar-refractivity contribution in [1.82, 2.24) is 0 Å². The molecular weight excluding hydrogens is 236 g/mol. The molecule has 0 aliphatic rings. The maximum absolute atomic E-state index is 12.3. The largest absolute Gasteiger partial charge is 0.496 e. The summed E-state index contributed by atoms with van der Waals surface area (Å²) < 4.78 is 21.0. The number of fused-ring (bicyclic) bond motifs is 1. The van der Waals surface area contributed by atoms with Gasteiger partial charge in [0.1, 0.15) is 16.9 Å². The maximum Gasteiger partial charge on any atom is 0.238 e. The Hall–Kier alpha value is -2.17. The Morgan fingerprint density at radius 2 is 1.61 bits per heavy atom. The highest BCUT2D eigenvalue weighted by molar-refractivity contribution is 5.89. The second-order valence-electron chi connectivity index (χ2n) is 3.69. The van der Waals surface area contributed by atoms with E-state index in [0.717, 1.165) is 0 Å². The lowest BCUT2D eigenvalue weighted by atomic mass is 10.1. The van der Waals surface area contributed by atoms with Gasteiger partial charge in [0.25, 0.3) is 0 Å². The molecule has 0 unspecified atom stereocenters. The van der Waals surface area contributed by atoms with Gasteiger partial charge in [-0.15, -0.1) is 0 Å². The van der Waals surface area contributed by atoms with E-state index in [0.29, 0.717) is 28.2 Å². The quantitative estimate of drug-likeness (QED) is 0.835. The Balaban J connectivity index is 2.98. The second-order valence-corrected chi connectivity index (χ2v) is 3.69. The van der Waals surface area contributed by atoms with Gasteiger partial charge >= 0.3 is 0 Å². The number of benzene rings is 1. The Bertz CT molecular complexity index is 642. The van der Waals surface area contributed by atoms with Gasteiger partial charge in [-0.2, -0.15) is 0 Å². The van der Waals surface area contributed by atoms with Crippen LogP contribution in [0.15, 0.2) is 21.3 Å². The normalized spacial score (nSPS) is 10.4. The molecule has 1 aromatic heterocycles. The van der Waals surface area contributed by atoms with E-state index in [2.05, 4.69) is 0 Å². The van der Waals surface area contributed by atoms with Crippen LogP contribution in [0.25, 0.3) is 11.0 Å². The third kappa shape index (κ3) is 1.68. The molecule has 0 N–H and O–H groups in total. The van der Waals surface area contributed by atoms with E-state index in [-0.39, 0.29) is 11.2 Å². The molecule has 0 bridgehead atoms. The number of methoxy groups -OCH3 is 3. The van der Waals surface area contributed by atoms with Gasteiger partial charge in [0.05, 0.1) is 21.3 Å². The second kappa shape index (κ2) is 4.60. The van der Waals surface area contributed by atoms with Crippen molar-refractivity contribution in [2.75, 3.05) is 21.3 Å². The molecule has 0 fully saturated rings. The molecule has 0 saturated heterocycles. The van der Waals surface area contributed by atoms with Crippen LogP contribution in [0.2, 0.25) is 0 Å². The Labute approximate surface area is 104 Å². The van der Waals surface area contributed by atoms with Crippen LogP contribution in [0.1, 0.15) is 5.76 Å². The first kappa shape index (κ1) is 12.3.